The molecule has 0 aromatic rings. The van der Waals surface area contributed by atoms with Crippen molar-refractivity contribution in [3.63, 3.8) is 0 Å². The predicted octanol–water partition coefficient (Wildman–Crippen LogP) is 7.50. The lowest BCUT2D eigenvalue weighted by Crippen LogP contribution is -2.37. The Morgan fingerprint density at radius 2 is 1.85 bits per heavy atom. The van der Waals surface area contributed by atoms with E-state index < -0.39 is 5.79 Å². The minimum Gasteiger partial charge on any atom is -0.393 e. The largest absolute Gasteiger partial charge is 0.393 e. The minimum absolute atomic E-state index is 0.173. The molecule has 0 radical (unpaired) electrons. The first-order valence-electron chi connectivity index (χ1n) is 13.5. The second-order valence-corrected chi connectivity index (χ2v) is 12.8. The molecule has 0 unspecified atom stereocenters. The zero-order valence-corrected chi connectivity index (χ0v) is 22.1. The maximum atomic E-state index is 10.1. The molecule has 4 fully saturated rings. The number of aliphatic hydroxyl groups is 1. The molecule has 0 spiro atoms. The van der Waals surface area contributed by atoms with Crippen molar-refractivity contribution < 1.29 is 14.6 Å². The zero-order chi connectivity index (χ0) is 24.0. The number of hydrogen-bond donors (Lipinski definition) is 1. The van der Waals surface area contributed by atoms with E-state index in [9.17, 15) is 5.11 Å². The summed E-state index contributed by atoms with van der Waals surface area (Å²) in [5, 5.41) is 10.1. The fourth-order valence-corrected chi connectivity index (χ4v) is 7.84. The highest BCUT2D eigenvalue weighted by atomic mass is 16.8. The van der Waals surface area contributed by atoms with Crippen LogP contribution in [0.4, 0.5) is 0 Å². The molecule has 1 heterocycles. The van der Waals surface area contributed by atoms with E-state index in [4.69, 9.17) is 9.47 Å². The lowest BCUT2D eigenvalue weighted by Gasteiger charge is -2.44. The number of rotatable bonds is 5. The Balaban J connectivity index is 1.42. The second-order valence-electron chi connectivity index (χ2n) is 12.8. The van der Waals surface area contributed by atoms with Crippen LogP contribution >= 0.6 is 0 Å². The molecule has 186 valence electrons. The quantitative estimate of drug-likeness (QED) is 0.465. The molecular weight excluding hydrogens is 408 g/mol. The van der Waals surface area contributed by atoms with Crippen molar-refractivity contribution in [2.75, 3.05) is 0 Å². The van der Waals surface area contributed by atoms with E-state index in [2.05, 4.69) is 46.4 Å². The number of ether oxygens (including phenoxy) is 2. The normalized spacial score (nSPS) is 41.5. The smallest absolute Gasteiger partial charge is 0.164 e. The fourth-order valence-electron chi connectivity index (χ4n) is 7.84. The van der Waals surface area contributed by atoms with Crippen molar-refractivity contribution in [3.8, 4) is 0 Å². The first-order valence-corrected chi connectivity index (χ1v) is 13.5. The van der Waals surface area contributed by atoms with Gasteiger partial charge in [-0.05, 0) is 121 Å². The molecule has 1 N–H and O–H groups in total. The van der Waals surface area contributed by atoms with Crippen molar-refractivity contribution in [2.24, 2.45) is 23.2 Å². The molecular formula is C30H48O3. The summed E-state index contributed by atoms with van der Waals surface area (Å²) in [6, 6.07) is 0. The number of hydrogen-bond acceptors (Lipinski definition) is 3. The van der Waals surface area contributed by atoms with E-state index in [0.29, 0.717) is 17.3 Å². The van der Waals surface area contributed by atoms with Gasteiger partial charge in [0.15, 0.2) is 5.79 Å². The third-order valence-corrected chi connectivity index (χ3v) is 9.51. The molecule has 3 saturated carbocycles. The van der Waals surface area contributed by atoms with Crippen molar-refractivity contribution in [1.29, 1.82) is 0 Å². The lowest BCUT2D eigenvalue weighted by molar-refractivity contribution is -0.157. The summed E-state index contributed by atoms with van der Waals surface area (Å²) in [6.07, 6.45) is 16.1. The van der Waals surface area contributed by atoms with Crippen LogP contribution in [-0.4, -0.2) is 28.7 Å². The average molecular weight is 457 g/mol. The predicted molar refractivity (Wildman–Crippen MR) is 136 cm³/mol. The third kappa shape index (κ3) is 5.21. The van der Waals surface area contributed by atoms with Crippen molar-refractivity contribution in [3.05, 3.63) is 35.5 Å². The van der Waals surface area contributed by atoms with Gasteiger partial charge in [-0.15, -0.1) is 0 Å². The minimum atomic E-state index is -0.473. The van der Waals surface area contributed by atoms with Crippen LogP contribution in [-0.2, 0) is 9.47 Å². The molecule has 0 aromatic carbocycles. The van der Waals surface area contributed by atoms with Crippen LogP contribution in [0.25, 0.3) is 0 Å². The Morgan fingerprint density at radius 3 is 2.55 bits per heavy atom. The number of fused-ring (bicyclic) bond motifs is 1. The van der Waals surface area contributed by atoms with Gasteiger partial charge in [-0.25, -0.2) is 0 Å². The van der Waals surface area contributed by atoms with Gasteiger partial charge in [0.2, 0.25) is 0 Å². The first kappa shape index (κ1) is 25.2. The topological polar surface area (TPSA) is 38.7 Å². The monoisotopic (exact) mass is 456 g/mol. The lowest BCUT2D eigenvalue weighted by atomic mass is 9.60. The van der Waals surface area contributed by atoms with E-state index in [1.54, 1.807) is 5.57 Å². The summed E-state index contributed by atoms with van der Waals surface area (Å²) in [5.74, 6) is 1.72. The van der Waals surface area contributed by atoms with Crippen LogP contribution in [0.1, 0.15) is 106 Å². The van der Waals surface area contributed by atoms with Crippen LogP contribution in [0, 0.1) is 23.2 Å². The molecule has 33 heavy (non-hydrogen) atoms. The fraction of sp³-hybridized carbons (Fsp3) is 0.800. The van der Waals surface area contributed by atoms with E-state index in [-0.39, 0.29) is 17.8 Å². The van der Waals surface area contributed by atoms with E-state index in [0.717, 1.165) is 31.6 Å². The molecule has 4 rings (SSSR count). The van der Waals surface area contributed by atoms with Gasteiger partial charge in [0.05, 0.1) is 17.8 Å². The summed E-state index contributed by atoms with van der Waals surface area (Å²) in [6.45, 7) is 17.7. The number of allylic oxidation sites excluding steroid dienone is 4. The van der Waals surface area contributed by atoms with Crippen molar-refractivity contribution in [1.82, 2.24) is 0 Å². The highest BCUT2D eigenvalue weighted by molar-refractivity contribution is 5.36. The standard InChI is InChI=1S/C30H48O3/c1-20-10-14-24(31)19-23(20)13-12-22-9-8-18-30(7)25(15-16-26(22)30)21(2)11-17-27-28(3,4)33-29(5,6)32-27/h12-13,21,24-27,31H,1,8-11,14-19H2,2-7H3/b22-12+,23-13-/t21-,24+,25-,26-,27-,30-/m1/s1. The van der Waals surface area contributed by atoms with Gasteiger partial charge < -0.3 is 14.6 Å². The molecule has 0 amide bonds. The molecule has 1 aliphatic heterocycles. The molecule has 3 heteroatoms. The van der Waals surface area contributed by atoms with Crippen molar-refractivity contribution in [2.45, 2.75) is 129 Å². The van der Waals surface area contributed by atoms with Gasteiger partial charge in [-0.2, -0.15) is 0 Å². The Hall–Kier alpha value is -0.900. The van der Waals surface area contributed by atoms with Gasteiger partial charge in [-0.1, -0.05) is 43.7 Å². The van der Waals surface area contributed by atoms with Gasteiger partial charge >= 0.3 is 0 Å². The molecule has 0 aromatic heterocycles. The maximum Gasteiger partial charge on any atom is 0.164 e. The Kier molecular flexibility index (Phi) is 7.09. The second kappa shape index (κ2) is 9.28. The molecule has 1 saturated heterocycles. The molecule has 6 atom stereocenters. The molecule has 4 aliphatic rings. The van der Waals surface area contributed by atoms with E-state index >= 15 is 0 Å². The Bertz CT molecular complexity index is 803. The highest BCUT2D eigenvalue weighted by Gasteiger charge is 2.51. The van der Waals surface area contributed by atoms with Crippen LogP contribution in [0.5, 0.6) is 0 Å². The summed E-state index contributed by atoms with van der Waals surface area (Å²) >= 11 is 0. The Labute approximate surface area is 202 Å². The van der Waals surface area contributed by atoms with Crippen LogP contribution in [0.2, 0.25) is 0 Å². The van der Waals surface area contributed by atoms with Gasteiger partial charge in [0, 0.05) is 0 Å². The zero-order valence-electron chi connectivity index (χ0n) is 22.1. The maximum absolute atomic E-state index is 10.1. The van der Waals surface area contributed by atoms with E-state index in [1.807, 2.05) is 13.8 Å². The van der Waals surface area contributed by atoms with Crippen molar-refractivity contribution >= 4 is 0 Å². The average Bonchev–Trinajstić information content (AvgIpc) is 3.18. The van der Waals surface area contributed by atoms with Gasteiger partial charge in [0.1, 0.15) is 0 Å². The van der Waals surface area contributed by atoms with Crippen LogP contribution in [0.15, 0.2) is 35.5 Å². The van der Waals surface area contributed by atoms with Crippen LogP contribution in [0.3, 0.4) is 0 Å². The highest BCUT2D eigenvalue weighted by Crippen LogP contribution is 2.60. The SMILES string of the molecule is C=C1CC[C@H](O)C/C1=C/C=C1\CCC[C@@]2(C)[C@@H]1CC[C@@H]2[C@H](C)CC[C@H]1OC(C)(C)OC1(C)C. The van der Waals surface area contributed by atoms with E-state index in [1.165, 1.54) is 49.7 Å². The summed E-state index contributed by atoms with van der Waals surface area (Å²) < 4.78 is 12.4. The summed E-state index contributed by atoms with van der Waals surface area (Å²) in [5.41, 5.74) is 4.33. The van der Waals surface area contributed by atoms with Crippen LogP contribution < -0.4 is 0 Å². The molecule has 3 aliphatic carbocycles. The molecule has 3 nitrogen and oxygen atoms in total. The third-order valence-electron chi connectivity index (χ3n) is 9.51. The summed E-state index contributed by atoms with van der Waals surface area (Å²) in [4.78, 5) is 0. The van der Waals surface area contributed by atoms with Gasteiger partial charge in [-0.3, -0.25) is 0 Å². The summed E-state index contributed by atoms with van der Waals surface area (Å²) in [7, 11) is 0. The number of aliphatic hydroxyl groups excluding tert-OH is 1. The Morgan fingerprint density at radius 1 is 1.09 bits per heavy atom. The first-order chi connectivity index (χ1) is 15.4. The molecule has 0 bridgehead atoms. The van der Waals surface area contributed by atoms with Gasteiger partial charge in [0.25, 0.3) is 0 Å².